The van der Waals surface area contributed by atoms with Gasteiger partial charge >= 0.3 is 0 Å². The number of fused-ring (bicyclic) bond motifs is 2. The van der Waals surface area contributed by atoms with Crippen LogP contribution in [-0.2, 0) is 4.79 Å². The van der Waals surface area contributed by atoms with Gasteiger partial charge < -0.3 is 5.32 Å². The van der Waals surface area contributed by atoms with E-state index in [2.05, 4.69) is 5.32 Å². The van der Waals surface area contributed by atoms with E-state index in [1.165, 1.54) is 32.1 Å². The van der Waals surface area contributed by atoms with Crippen LogP contribution in [0.2, 0.25) is 0 Å². The molecule has 86 valence electrons. The average Bonchev–Trinajstić information content (AvgIpc) is 2.59. The zero-order valence-corrected chi connectivity index (χ0v) is 9.96. The Morgan fingerprint density at radius 3 is 2.20 bits per heavy atom. The minimum Gasteiger partial charge on any atom is -0.311 e. The Kier molecular flexibility index (Phi) is 5.62. The maximum Gasteiger partial charge on any atom is 0.155 e. The molecule has 2 unspecified atom stereocenters. The van der Waals surface area contributed by atoms with Crippen LogP contribution in [0.25, 0.3) is 0 Å². The van der Waals surface area contributed by atoms with Crippen molar-refractivity contribution < 1.29 is 4.79 Å². The highest BCUT2D eigenvalue weighted by atomic mass is 16.1. The van der Waals surface area contributed by atoms with Crippen LogP contribution in [0, 0.1) is 0 Å². The van der Waals surface area contributed by atoms with Gasteiger partial charge in [-0.3, -0.25) is 4.79 Å². The van der Waals surface area contributed by atoms with Crippen molar-refractivity contribution in [3.8, 4) is 0 Å². The Hall–Kier alpha value is -0.630. The molecule has 0 radical (unpaired) electrons. The van der Waals surface area contributed by atoms with Gasteiger partial charge in [0.25, 0.3) is 0 Å². The van der Waals surface area contributed by atoms with Crippen LogP contribution in [0.5, 0.6) is 0 Å². The third kappa shape index (κ3) is 4.61. The van der Waals surface area contributed by atoms with Crippen molar-refractivity contribution in [2.75, 3.05) is 0 Å². The highest BCUT2D eigenvalue weighted by Gasteiger charge is 2.26. The maximum absolute atomic E-state index is 10.3. The number of carbonyl (C=O) groups excluding carboxylic acids is 1. The Balaban J connectivity index is 0.000000153. The third-order valence-corrected chi connectivity index (χ3v) is 3.14. The molecule has 2 aliphatic rings. The van der Waals surface area contributed by atoms with Crippen LogP contribution in [-0.4, -0.2) is 17.9 Å². The molecule has 2 heteroatoms. The van der Waals surface area contributed by atoms with E-state index in [1.807, 2.05) is 13.8 Å². The molecular formula is C13H23NO. The Bertz CT molecular complexity index is 209. The number of piperidine rings is 1. The van der Waals surface area contributed by atoms with Crippen molar-refractivity contribution in [1.29, 1.82) is 0 Å². The number of ketones is 1. The van der Waals surface area contributed by atoms with E-state index in [-0.39, 0.29) is 5.78 Å². The first-order valence-corrected chi connectivity index (χ1v) is 6.17. The van der Waals surface area contributed by atoms with E-state index in [9.17, 15) is 4.79 Å². The molecule has 2 atom stereocenters. The fourth-order valence-electron chi connectivity index (χ4n) is 2.27. The number of nitrogens with one attached hydrogen (secondary N) is 1. The molecule has 2 bridgehead atoms. The largest absolute Gasteiger partial charge is 0.311 e. The summed E-state index contributed by atoms with van der Waals surface area (Å²) in [6, 6.07) is 1.82. The number of hydrogen-bond donors (Lipinski definition) is 1. The highest BCUT2D eigenvalue weighted by Crippen LogP contribution is 2.25. The van der Waals surface area contributed by atoms with Crippen LogP contribution >= 0.6 is 0 Å². The molecule has 0 amide bonds. The SMILES string of the molecule is C/C=C/C(=O)CC.C1CC2CCC(C1)N2. The van der Waals surface area contributed by atoms with Gasteiger partial charge in [-0.1, -0.05) is 19.4 Å². The molecule has 0 aromatic rings. The van der Waals surface area contributed by atoms with E-state index in [1.54, 1.807) is 12.2 Å². The van der Waals surface area contributed by atoms with Crippen LogP contribution in [0.15, 0.2) is 12.2 Å². The highest BCUT2D eigenvalue weighted by molar-refractivity contribution is 5.89. The van der Waals surface area contributed by atoms with E-state index >= 15 is 0 Å². The van der Waals surface area contributed by atoms with Crippen LogP contribution in [0.3, 0.4) is 0 Å². The Morgan fingerprint density at radius 1 is 1.27 bits per heavy atom. The van der Waals surface area contributed by atoms with Gasteiger partial charge in [-0.15, -0.1) is 0 Å². The van der Waals surface area contributed by atoms with Gasteiger partial charge in [0.05, 0.1) is 0 Å². The summed E-state index contributed by atoms with van der Waals surface area (Å²) in [6.07, 6.45) is 11.2. The monoisotopic (exact) mass is 209 g/mol. The molecule has 2 fully saturated rings. The predicted octanol–water partition coefficient (Wildman–Crippen LogP) is 2.83. The summed E-state index contributed by atoms with van der Waals surface area (Å²) in [7, 11) is 0. The van der Waals surface area contributed by atoms with Crippen molar-refractivity contribution in [2.45, 2.75) is 64.5 Å². The van der Waals surface area contributed by atoms with Crippen LogP contribution in [0.1, 0.15) is 52.4 Å². The zero-order chi connectivity index (χ0) is 11.1. The van der Waals surface area contributed by atoms with Gasteiger partial charge in [-0.05, 0) is 38.7 Å². The Labute approximate surface area is 93.1 Å². The molecule has 2 rings (SSSR count). The van der Waals surface area contributed by atoms with E-state index in [4.69, 9.17) is 0 Å². The molecule has 15 heavy (non-hydrogen) atoms. The van der Waals surface area contributed by atoms with Gasteiger partial charge in [-0.2, -0.15) is 0 Å². The summed E-state index contributed by atoms with van der Waals surface area (Å²) in [4.78, 5) is 10.3. The maximum atomic E-state index is 10.3. The molecule has 0 aliphatic carbocycles. The lowest BCUT2D eigenvalue weighted by molar-refractivity contribution is -0.114. The minimum absolute atomic E-state index is 0.197. The number of hydrogen-bond acceptors (Lipinski definition) is 2. The lowest BCUT2D eigenvalue weighted by Gasteiger charge is -2.19. The van der Waals surface area contributed by atoms with Crippen molar-refractivity contribution in [3.63, 3.8) is 0 Å². The molecular weight excluding hydrogens is 186 g/mol. The van der Waals surface area contributed by atoms with Gasteiger partial charge in [0, 0.05) is 18.5 Å². The lowest BCUT2D eigenvalue weighted by Crippen LogP contribution is -2.33. The molecule has 2 aliphatic heterocycles. The first-order valence-electron chi connectivity index (χ1n) is 6.17. The molecule has 0 aromatic heterocycles. The van der Waals surface area contributed by atoms with Crippen molar-refractivity contribution in [1.82, 2.24) is 5.32 Å². The second kappa shape index (κ2) is 6.78. The van der Waals surface area contributed by atoms with Crippen LogP contribution < -0.4 is 5.32 Å². The summed E-state index contributed by atoms with van der Waals surface area (Å²) in [5.41, 5.74) is 0. The first kappa shape index (κ1) is 12.4. The van der Waals surface area contributed by atoms with E-state index in [0.29, 0.717) is 6.42 Å². The van der Waals surface area contributed by atoms with E-state index < -0.39 is 0 Å². The molecule has 2 saturated heterocycles. The average molecular weight is 209 g/mol. The van der Waals surface area contributed by atoms with Gasteiger partial charge in [0.1, 0.15) is 0 Å². The van der Waals surface area contributed by atoms with Crippen molar-refractivity contribution in [2.24, 2.45) is 0 Å². The fraction of sp³-hybridized carbons (Fsp3) is 0.769. The molecule has 0 saturated carbocycles. The topological polar surface area (TPSA) is 29.1 Å². The number of rotatable bonds is 2. The molecule has 2 nitrogen and oxygen atoms in total. The van der Waals surface area contributed by atoms with Crippen molar-refractivity contribution in [3.05, 3.63) is 12.2 Å². The van der Waals surface area contributed by atoms with Gasteiger partial charge in [0.2, 0.25) is 0 Å². The predicted molar refractivity (Wildman–Crippen MR) is 63.9 cm³/mol. The standard InChI is InChI=1S/C7H13N.C6H10O/c1-2-6-4-5-7(3-1)8-6;1-3-5-6(7)4-2/h6-8H,1-5H2;3,5H,4H2,1-2H3/b;5-3+. The fourth-order valence-corrected chi connectivity index (χ4v) is 2.27. The van der Waals surface area contributed by atoms with E-state index in [0.717, 1.165) is 12.1 Å². The molecule has 2 heterocycles. The third-order valence-electron chi connectivity index (χ3n) is 3.14. The summed E-state index contributed by atoms with van der Waals surface area (Å²) < 4.78 is 0. The number of carbonyl (C=O) groups is 1. The number of allylic oxidation sites excluding steroid dienone is 2. The zero-order valence-electron chi connectivity index (χ0n) is 9.96. The smallest absolute Gasteiger partial charge is 0.155 e. The van der Waals surface area contributed by atoms with Crippen molar-refractivity contribution >= 4 is 5.78 Å². The lowest BCUT2D eigenvalue weighted by atomic mass is 10.1. The molecule has 0 spiro atoms. The summed E-state index contributed by atoms with van der Waals surface area (Å²) in [5.74, 6) is 0.197. The second-order valence-electron chi connectivity index (χ2n) is 4.39. The normalized spacial score (nSPS) is 28.7. The molecule has 1 N–H and O–H groups in total. The van der Waals surface area contributed by atoms with Gasteiger partial charge in [-0.25, -0.2) is 0 Å². The van der Waals surface area contributed by atoms with Gasteiger partial charge in [0.15, 0.2) is 5.78 Å². The Morgan fingerprint density at radius 2 is 1.87 bits per heavy atom. The molecule has 0 aromatic carbocycles. The first-order chi connectivity index (χ1) is 7.26. The second-order valence-corrected chi connectivity index (χ2v) is 4.39. The summed E-state index contributed by atoms with van der Waals surface area (Å²) in [6.45, 7) is 3.69. The summed E-state index contributed by atoms with van der Waals surface area (Å²) in [5, 5.41) is 3.59. The summed E-state index contributed by atoms with van der Waals surface area (Å²) >= 11 is 0. The quantitative estimate of drug-likeness (QED) is 0.709. The minimum atomic E-state index is 0.197. The van der Waals surface area contributed by atoms with Crippen LogP contribution in [0.4, 0.5) is 0 Å².